The minimum atomic E-state index is 0.487. The third-order valence-corrected chi connectivity index (χ3v) is 6.10. The Morgan fingerprint density at radius 3 is 2.72 bits per heavy atom. The van der Waals surface area contributed by atoms with Gasteiger partial charge in [-0.3, -0.25) is 0 Å². The molecule has 2 aromatic heterocycles. The molecule has 1 aliphatic heterocycles. The number of thioether (sulfide) groups is 1. The fourth-order valence-electron chi connectivity index (χ4n) is 3.67. The molecule has 3 aromatic rings. The maximum Gasteiger partial charge on any atom is 0.147 e. The van der Waals surface area contributed by atoms with Crippen molar-refractivity contribution in [3.05, 3.63) is 42.1 Å². The second-order valence-corrected chi connectivity index (χ2v) is 7.98. The zero-order valence-electron chi connectivity index (χ0n) is 15.1. The number of aromatic nitrogens is 4. The molecule has 0 saturated carbocycles. The highest BCUT2D eigenvalue weighted by Crippen LogP contribution is 2.32. The first kappa shape index (κ1) is 16.7. The van der Waals surface area contributed by atoms with Crippen LogP contribution in [0.4, 0.5) is 0 Å². The van der Waals surface area contributed by atoms with Gasteiger partial charge in [0.1, 0.15) is 11.6 Å². The lowest BCUT2D eigenvalue weighted by atomic mass is 10.1. The Hall–Kier alpha value is -1.79. The molecule has 3 heterocycles. The van der Waals surface area contributed by atoms with Crippen molar-refractivity contribution >= 4 is 22.7 Å². The third kappa shape index (κ3) is 3.33. The summed E-state index contributed by atoms with van der Waals surface area (Å²) in [7, 11) is 4.30. The van der Waals surface area contributed by atoms with Crippen LogP contribution in [0.3, 0.4) is 0 Å². The van der Waals surface area contributed by atoms with Crippen LogP contribution in [0.5, 0.6) is 0 Å². The van der Waals surface area contributed by atoms with E-state index in [1.807, 2.05) is 18.7 Å². The van der Waals surface area contributed by atoms with Crippen LogP contribution >= 0.6 is 11.8 Å². The molecule has 6 heteroatoms. The van der Waals surface area contributed by atoms with Gasteiger partial charge in [-0.25, -0.2) is 9.67 Å². The van der Waals surface area contributed by atoms with E-state index in [4.69, 9.17) is 10.1 Å². The number of para-hydroxylation sites is 1. The summed E-state index contributed by atoms with van der Waals surface area (Å²) in [5, 5.41) is 6.02. The van der Waals surface area contributed by atoms with E-state index < -0.39 is 0 Å². The predicted molar refractivity (Wildman–Crippen MR) is 103 cm³/mol. The fourth-order valence-corrected chi connectivity index (χ4v) is 4.71. The molecule has 4 rings (SSSR count). The molecule has 1 fully saturated rings. The molecule has 0 bridgehead atoms. The first-order valence-corrected chi connectivity index (χ1v) is 9.88. The number of hydrogen-bond acceptors (Lipinski definition) is 4. The quantitative estimate of drug-likeness (QED) is 0.670. The minimum absolute atomic E-state index is 0.487. The smallest absolute Gasteiger partial charge is 0.147 e. The number of likely N-dealkylation sites (tertiary alicyclic amines) is 1. The van der Waals surface area contributed by atoms with Gasteiger partial charge >= 0.3 is 0 Å². The van der Waals surface area contributed by atoms with Gasteiger partial charge in [-0.2, -0.15) is 5.10 Å². The lowest BCUT2D eigenvalue weighted by Gasteiger charge is -2.29. The average Bonchev–Trinajstić information content (AvgIpc) is 3.14. The number of nitrogens with zero attached hydrogens (tertiary/aromatic N) is 5. The van der Waals surface area contributed by atoms with Gasteiger partial charge in [0.05, 0.1) is 11.8 Å². The van der Waals surface area contributed by atoms with E-state index in [1.54, 1.807) is 0 Å². The molecule has 0 atom stereocenters. The van der Waals surface area contributed by atoms with Crippen LogP contribution in [-0.4, -0.2) is 44.4 Å². The molecule has 132 valence electrons. The Morgan fingerprint density at radius 1 is 1.16 bits per heavy atom. The molecule has 5 nitrogen and oxygen atoms in total. The summed E-state index contributed by atoms with van der Waals surface area (Å²) in [5.74, 6) is 2.85. The number of hydrogen-bond donors (Lipinski definition) is 0. The standard InChI is InChI=1S/C19H25N5S/c1-14-20-19(24(21-14)15-8-10-22(2)11-9-15)13-25-18-12-23(3)17-7-5-4-6-16(17)18/h4-7,12,15H,8-11,13H2,1-3H3. The van der Waals surface area contributed by atoms with Gasteiger partial charge in [0, 0.05) is 29.0 Å². The van der Waals surface area contributed by atoms with Crippen molar-refractivity contribution in [3.8, 4) is 0 Å². The summed E-state index contributed by atoms with van der Waals surface area (Å²) >= 11 is 1.86. The van der Waals surface area contributed by atoms with E-state index in [1.165, 1.54) is 15.8 Å². The van der Waals surface area contributed by atoms with Crippen LogP contribution in [0, 0.1) is 6.92 Å². The predicted octanol–water partition coefficient (Wildman–Crippen LogP) is 3.64. The van der Waals surface area contributed by atoms with Crippen molar-refractivity contribution in [3.63, 3.8) is 0 Å². The molecule has 1 aliphatic rings. The van der Waals surface area contributed by atoms with Gasteiger partial charge in [-0.1, -0.05) is 18.2 Å². The molecule has 0 radical (unpaired) electrons. The van der Waals surface area contributed by atoms with Gasteiger partial charge in [0.25, 0.3) is 0 Å². The van der Waals surface area contributed by atoms with Crippen LogP contribution in [-0.2, 0) is 12.8 Å². The van der Waals surface area contributed by atoms with E-state index >= 15 is 0 Å². The van der Waals surface area contributed by atoms with E-state index in [-0.39, 0.29) is 0 Å². The first-order chi connectivity index (χ1) is 12.1. The summed E-state index contributed by atoms with van der Waals surface area (Å²) in [6.07, 6.45) is 4.54. The Bertz CT molecular complexity index is 873. The van der Waals surface area contributed by atoms with Crippen LogP contribution in [0.1, 0.15) is 30.5 Å². The molecule has 0 N–H and O–H groups in total. The molecule has 0 aliphatic carbocycles. The summed E-state index contributed by atoms with van der Waals surface area (Å²) in [5.41, 5.74) is 1.28. The van der Waals surface area contributed by atoms with E-state index in [9.17, 15) is 0 Å². The molecule has 25 heavy (non-hydrogen) atoms. The number of fused-ring (bicyclic) bond motifs is 1. The van der Waals surface area contributed by atoms with Crippen LogP contribution in [0.25, 0.3) is 10.9 Å². The monoisotopic (exact) mass is 355 g/mol. The van der Waals surface area contributed by atoms with E-state index in [0.717, 1.165) is 43.3 Å². The molecule has 0 unspecified atom stereocenters. The van der Waals surface area contributed by atoms with Crippen molar-refractivity contribution < 1.29 is 0 Å². The van der Waals surface area contributed by atoms with Crippen molar-refractivity contribution in [1.82, 2.24) is 24.2 Å². The molecular weight excluding hydrogens is 330 g/mol. The number of benzene rings is 1. The highest BCUT2D eigenvalue weighted by Gasteiger charge is 2.22. The lowest BCUT2D eigenvalue weighted by Crippen LogP contribution is -2.32. The zero-order chi connectivity index (χ0) is 17.4. The maximum absolute atomic E-state index is 4.72. The molecule has 1 aromatic carbocycles. The highest BCUT2D eigenvalue weighted by atomic mass is 32.2. The summed E-state index contributed by atoms with van der Waals surface area (Å²) in [6.45, 7) is 4.27. The fraction of sp³-hybridized carbons (Fsp3) is 0.474. The zero-order valence-corrected chi connectivity index (χ0v) is 16.0. The van der Waals surface area contributed by atoms with Gasteiger partial charge in [0.15, 0.2) is 0 Å². The molecule has 0 spiro atoms. The van der Waals surface area contributed by atoms with Crippen LogP contribution in [0.2, 0.25) is 0 Å². The molecule has 0 amide bonds. The van der Waals surface area contributed by atoms with Crippen molar-refractivity contribution in [2.24, 2.45) is 7.05 Å². The van der Waals surface area contributed by atoms with Gasteiger partial charge < -0.3 is 9.47 Å². The molecule has 1 saturated heterocycles. The summed E-state index contributed by atoms with van der Waals surface area (Å²) < 4.78 is 4.39. The Balaban J connectivity index is 1.55. The maximum atomic E-state index is 4.72. The number of aryl methyl sites for hydroxylation is 2. The van der Waals surface area contributed by atoms with Gasteiger partial charge in [-0.05, 0) is 46.0 Å². The highest BCUT2D eigenvalue weighted by molar-refractivity contribution is 7.98. The summed E-state index contributed by atoms with van der Waals surface area (Å²) in [4.78, 5) is 8.42. The lowest BCUT2D eigenvalue weighted by molar-refractivity contribution is 0.210. The van der Waals surface area contributed by atoms with Crippen molar-refractivity contribution in [1.29, 1.82) is 0 Å². The van der Waals surface area contributed by atoms with E-state index in [2.05, 4.69) is 58.7 Å². The SMILES string of the molecule is Cc1nc(CSc2cn(C)c3ccccc23)n(C2CCN(C)CC2)n1. The topological polar surface area (TPSA) is 38.9 Å². The minimum Gasteiger partial charge on any atom is -0.349 e. The number of rotatable bonds is 4. The van der Waals surface area contributed by atoms with Crippen LogP contribution < -0.4 is 0 Å². The normalized spacial score (nSPS) is 16.8. The van der Waals surface area contributed by atoms with Crippen molar-refractivity contribution in [2.45, 2.75) is 36.5 Å². The largest absolute Gasteiger partial charge is 0.349 e. The summed E-state index contributed by atoms with van der Waals surface area (Å²) in [6, 6.07) is 9.06. The second-order valence-electron chi connectivity index (χ2n) is 6.96. The Labute approximate surface area is 153 Å². The molecular formula is C19H25N5S. The van der Waals surface area contributed by atoms with Crippen LogP contribution in [0.15, 0.2) is 35.4 Å². The van der Waals surface area contributed by atoms with E-state index in [0.29, 0.717) is 6.04 Å². The van der Waals surface area contributed by atoms with Gasteiger partial charge in [-0.15, -0.1) is 11.8 Å². The average molecular weight is 356 g/mol. The Morgan fingerprint density at radius 2 is 1.92 bits per heavy atom. The third-order valence-electron chi connectivity index (χ3n) is 5.06. The van der Waals surface area contributed by atoms with Crippen molar-refractivity contribution in [2.75, 3.05) is 20.1 Å². The Kier molecular flexibility index (Phi) is 4.56. The van der Waals surface area contributed by atoms with Gasteiger partial charge in [0.2, 0.25) is 0 Å². The number of piperidine rings is 1. The second kappa shape index (κ2) is 6.84. The first-order valence-electron chi connectivity index (χ1n) is 8.89.